The molecule has 0 aromatic heterocycles. The molecular formula is C17H19NO4S. The standard InChI is InChI=1S/C17H19NO4S/c1-11-8-12(2)17(22-4)16(9-11)18-23(20,21)15-7-5-6-14(10-15)13(3)19/h5-10,18H,1-4H3. The first-order chi connectivity index (χ1) is 10.7. The second kappa shape index (κ2) is 6.42. The minimum Gasteiger partial charge on any atom is -0.494 e. The van der Waals surface area contributed by atoms with Crippen LogP contribution in [-0.2, 0) is 10.0 Å². The number of Topliss-reactive ketones (excluding diaryl/α,β-unsaturated/α-hetero) is 1. The number of rotatable bonds is 5. The summed E-state index contributed by atoms with van der Waals surface area (Å²) in [6.45, 7) is 5.12. The Morgan fingerprint density at radius 1 is 1.13 bits per heavy atom. The lowest BCUT2D eigenvalue weighted by atomic mass is 10.1. The van der Waals surface area contributed by atoms with Crippen LogP contribution in [0.5, 0.6) is 5.75 Å². The van der Waals surface area contributed by atoms with E-state index in [0.29, 0.717) is 17.0 Å². The zero-order valence-corrected chi connectivity index (χ0v) is 14.3. The average Bonchev–Trinajstić information content (AvgIpc) is 2.46. The number of sulfonamides is 1. The molecule has 2 aromatic carbocycles. The number of ether oxygens (including phenoxy) is 1. The summed E-state index contributed by atoms with van der Waals surface area (Å²) in [6, 6.07) is 9.55. The van der Waals surface area contributed by atoms with Crippen molar-refractivity contribution in [3.8, 4) is 5.75 Å². The Morgan fingerprint density at radius 3 is 2.43 bits per heavy atom. The maximum atomic E-state index is 12.6. The highest BCUT2D eigenvalue weighted by atomic mass is 32.2. The van der Waals surface area contributed by atoms with Gasteiger partial charge in [-0.3, -0.25) is 9.52 Å². The summed E-state index contributed by atoms with van der Waals surface area (Å²) in [5, 5.41) is 0. The fourth-order valence-electron chi connectivity index (χ4n) is 2.39. The summed E-state index contributed by atoms with van der Waals surface area (Å²) in [5.41, 5.74) is 2.47. The molecule has 6 heteroatoms. The predicted molar refractivity (Wildman–Crippen MR) is 89.7 cm³/mol. The van der Waals surface area contributed by atoms with Gasteiger partial charge in [-0.15, -0.1) is 0 Å². The van der Waals surface area contributed by atoms with Gasteiger partial charge in [0, 0.05) is 5.56 Å². The first-order valence-corrected chi connectivity index (χ1v) is 8.52. The third-order valence-electron chi connectivity index (χ3n) is 3.42. The van der Waals surface area contributed by atoms with Gasteiger partial charge in [0.2, 0.25) is 0 Å². The van der Waals surface area contributed by atoms with Gasteiger partial charge in [-0.2, -0.15) is 0 Å². The number of nitrogens with one attached hydrogen (secondary N) is 1. The van der Waals surface area contributed by atoms with Gasteiger partial charge in [0.1, 0.15) is 5.75 Å². The van der Waals surface area contributed by atoms with Crippen molar-refractivity contribution >= 4 is 21.5 Å². The molecule has 0 aliphatic carbocycles. The maximum Gasteiger partial charge on any atom is 0.262 e. The highest BCUT2D eigenvalue weighted by molar-refractivity contribution is 7.92. The van der Waals surface area contributed by atoms with E-state index in [-0.39, 0.29) is 10.7 Å². The molecule has 0 aliphatic heterocycles. The Kier molecular flexibility index (Phi) is 4.75. The van der Waals surface area contributed by atoms with Crippen LogP contribution in [-0.4, -0.2) is 21.3 Å². The summed E-state index contributed by atoms with van der Waals surface area (Å²) in [7, 11) is -2.33. The van der Waals surface area contributed by atoms with Crippen molar-refractivity contribution in [2.75, 3.05) is 11.8 Å². The number of benzene rings is 2. The summed E-state index contributed by atoms with van der Waals surface area (Å²) in [5.74, 6) is 0.285. The minimum atomic E-state index is -3.82. The molecule has 0 atom stereocenters. The molecule has 5 nitrogen and oxygen atoms in total. The maximum absolute atomic E-state index is 12.6. The first kappa shape index (κ1) is 17.0. The zero-order valence-electron chi connectivity index (χ0n) is 13.5. The van der Waals surface area contributed by atoms with Gasteiger partial charge in [0.25, 0.3) is 10.0 Å². The molecule has 2 rings (SSSR count). The summed E-state index contributed by atoms with van der Waals surface area (Å²) < 4.78 is 33.0. The zero-order chi connectivity index (χ0) is 17.2. The van der Waals surface area contributed by atoms with E-state index < -0.39 is 10.0 Å². The predicted octanol–water partition coefficient (Wildman–Crippen LogP) is 3.32. The second-order valence-corrected chi connectivity index (χ2v) is 7.03. The Hall–Kier alpha value is -2.34. The first-order valence-electron chi connectivity index (χ1n) is 7.03. The van der Waals surface area contributed by atoms with Gasteiger partial charge in [0.05, 0.1) is 17.7 Å². The molecule has 0 heterocycles. The highest BCUT2D eigenvalue weighted by Crippen LogP contribution is 2.31. The highest BCUT2D eigenvalue weighted by Gasteiger charge is 2.18. The van der Waals surface area contributed by atoms with Gasteiger partial charge in [-0.1, -0.05) is 18.2 Å². The number of carbonyl (C=O) groups excluding carboxylic acids is 1. The van der Waals surface area contributed by atoms with Crippen molar-refractivity contribution < 1.29 is 17.9 Å². The van der Waals surface area contributed by atoms with Crippen LogP contribution < -0.4 is 9.46 Å². The Labute approximate surface area is 136 Å². The number of carbonyl (C=O) groups is 1. The Bertz CT molecular complexity index is 857. The molecule has 0 amide bonds. The number of hydrogen-bond acceptors (Lipinski definition) is 4. The monoisotopic (exact) mass is 333 g/mol. The van der Waals surface area contributed by atoms with Gasteiger partial charge in [-0.05, 0) is 50.1 Å². The van der Waals surface area contributed by atoms with E-state index in [9.17, 15) is 13.2 Å². The lowest BCUT2D eigenvalue weighted by molar-refractivity contribution is 0.101. The molecule has 0 aliphatic rings. The van der Waals surface area contributed by atoms with Gasteiger partial charge in [0.15, 0.2) is 5.78 Å². The van der Waals surface area contributed by atoms with E-state index in [2.05, 4.69) is 4.72 Å². The summed E-state index contributed by atoms with van der Waals surface area (Å²) in [4.78, 5) is 11.5. The summed E-state index contributed by atoms with van der Waals surface area (Å²) >= 11 is 0. The lowest BCUT2D eigenvalue weighted by Gasteiger charge is -2.15. The summed E-state index contributed by atoms with van der Waals surface area (Å²) in [6.07, 6.45) is 0. The van der Waals surface area contributed by atoms with Crippen LogP contribution in [0.3, 0.4) is 0 Å². The number of methoxy groups -OCH3 is 1. The fourth-order valence-corrected chi connectivity index (χ4v) is 3.49. The van der Waals surface area contributed by atoms with E-state index in [4.69, 9.17) is 4.74 Å². The van der Waals surface area contributed by atoms with Crippen LogP contribution in [0.15, 0.2) is 41.3 Å². The number of hydrogen-bond donors (Lipinski definition) is 1. The quantitative estimate of drug-likeness (QED) is 0.852. The van der Waals surface area contributed by atoms with Crippen LogP contribution in [0.4, 0.5) is 5.69 Å². The van der Waals surface area contributed by atoms with Crippen molar-refractivity contribution in [1.82, 2.24) is 0 Å². The van der Waals surface area contributed by atoms with Crippen molar-refractivity contribution in [1.29, 1.82) is 0 Å². The number of anilines is 1. The van der Waals surface area contributed by atoms with Crippen molar-refractivity contribution in [2.24, 2.45) is 0 Å². The molecule has 0 radical (unpaired) electrons. The molecule has 0 spiro atoms. The van der Waals surface area contributed by atoms with Crippen LogP contribution in [0.2, 0.25) is 0 Å². The van der Waals surface area contributed by atoms with E-state index in [1.54, 1.807) is 18.2 Å². The van der Waals surface area contributed by atoms with Gasteiger partial charge < -0.3 is 4.74 Å². The molecule has 0 fully saturated rings. The second-order valence-electron chi connectivity index (χ2n) is 5.35. The normalized spacial score (nSPS) is 11.1. The van der Waals surface area contributed by atoms with Gasteiger partial charge in [-0.25, -0.2) is 8.42 Å². The largest absolute Gasteiger partial charge is 0.494 e. The molecule has 1 N–H and O–H groups in total. The molecule has 0 saturated heterocycles. The molecule has 0 bridgehead atoms. The van der Waals surface area contributed by atoms with Gasteiger partial charge >= 0.3 is 0 Å². The van der Waals surface area contributed by atoms with E-state index in [1.165, 1.54) is 26.2 Å². The minimum absolute atomic E-state index is 0.0337. The van der Waals surface area contributed by atoms with Crippen LogP contribution in [0.25, 0.3) is 0 Å². The molecule has 0 saturated carbocycles. The molecule has 23 heavy (non-hydrogen) atoms. The van der Waals surface area contributed by atoms with E-state index >= 15 is 0 Å². The van der Waals surface area contributed by atoms with Crippen molar-refractivity contribution in [3.05, 3.63) is 53.1 Å². The number of ketones is 1. The van der Waals surface area contributed by atoms with Crippen LogP contribution >= 0.6 is 0 Å². The van der Waals surface area contributed by atoms with Crippen LogP contribution in [0.1, 0.15) is 28.4 Å². The Morgan fingerprint density at radius 2 is 1.83 bits per heavy atom. The molecule has 2 aromatic rings. The SMILES string of the molecule is COc1c(C)cc(C)cc1NS(=O)(=O)c1cccc(C(C)=O)c1. The third-order valence-corrected chi connectivity index (χ3v) is 4.78. The molecule has 122 valence electrons. The Balaban J connectivity index is 2.47. The topological polar surface area (TPSA) is 72.5 Å². The van der Waals surface area contributed by atoms with E-state index in [1.807, 2.05) is 19.9 Å². The van der Waals surface area contributed by atoms with Crippen LogP contribution in [0, 0.1) is 13.8 Å². The third kappa shape index (κ3) is 3.71. The average molecular weight is 333 g/mol. The molecule has 0 unspecified atom stereocenters. The van der Waals surface area contributed by atoms with Crippen molar-refractivity contribution in [3.63, 3.8) is 0 Å². The molecular weight excluding hydrogens is 314 g/mol. The van der Waals surface area contributed by atoms with Crippen molar-refractivity contribution in [2.45, 2.75) is 25.7 Å². The lowest BCUT2D eigenvalue weighted by Crippen LogP contribution is -2.14. The number of aryl methyl sites for hydroxylation is 2. The fraction of sp³-hybridized carbons (Fsp3) is 0.235. The smallest absolute Gasteiger partial charge is 0.262 e. The van der Waals surface area contributed by atoms with E-state index in [0.717, 1.165) is 11.1 Å².